The number of fused-ring (bicyclic) bond motifs is 1. The van der Waals surface area contributed by atoms with Gasteiger partial charge in [-0.1, -0.05) is 18.2 Å². The van der Waals surface area contributed by atoms with Gasteiger partial charge in [-0.25, -0.2) is 0 Å². The van der Waals surface area contributed by atoms with Crippen LogP contribution in [0.1, 0.15) is 27.2 Å². The van der Waals surface area contributed by atoms with Gasteiger partial charge in [0.05, 0.1) is 5.56 Å². The maximum Gasteiger partial charge on any atom is 0.251 e. The van der Waals surface area contributed by atoms with E-state index in [0.717, 1.165) is 35.5 Å². The molecule has 0 saturated carbocycles. The topological polar surface area (TPSA) is 67.2 Å². The van der Waals surface area contributed by atoms with E-state index >= 15 is 0 Å². The molecule has 1 amide bonds. The standard InChI is InChI=1S/C15H15N3OS2/c16-13(19)12-10-7-4-8-11(10)21-14(12)18-15(20)17-9-5-2-1-3-6-9/h1-3,5-6H,4,7-8H2,(H2,16,19)(H2,17,18,20). The van der Waals surface area contributed by atoms with E-state index in [-0.39, 0.29) is 5.91 Å². The number of hydrogen-bond acceptors (Lipinski definition) is 3. The highest BCUT2D eigenvalue weighted by Crippen LogP contribution is 2.38. The first kappa shape index (κ1) is 14.0. The number of amides is 1. The highest BCUT2D eigenvalue weighted by Gasteiger charge is 2.25. The number of hydrogen-bond donors (Lipinski definition) is 3. The molecule has 0 spiro atoms. The molecular weight excluding hydrogens is 302 g/mol. The Morgan fingerprint density at radius 3 is 2.67 bits per heavy atom. The summed E-state index contributed by atoms with van der Waals surface area (Å²) in [6.45, 7) is 0. The predicted octanol–water partition coefficient (Wildman–Crippen LogP) is 3.14. The van der Waals surface area contributed by atoms with Crippen LogP contribution in [-0.2, 0) is 12.8 Å². The summed E-state index contributed by atoms with van der Waals surface area (Å²) in [7, 11) is 0. The number of carbonyl (C=O) groups excluding carboxylic acids is 1. The molecule has 3 rings (SSSR count). The van der Waals surface area contributed by atoms with E-state index in [0.29, 0.717) is 10.7 Å². The fourth-order valence-corrected chi connectivity index (χ4v) is 4.12. The van der Waals surface area contributed by atoms with E-state index in [9.17, 15) is 4.79 Å². The van der Waals surface area contributed by atoms with Crippen LogP contribution in [0.15, 0.2) is 30.3 Å². The Morgan fingerprint density at radius 1 is 1.19 bits per heavy atom. The molecule has 108 valence electrons. The van der Waals surface area contributed by atoms with Crippen molar-refractivity contribution in [2.75, 3.05) is 10.6 Å². The molecule has 4 nitrogen and oxygen atoms in total. The molecule has 1 aromatic heterocycles. The summed E-state index contributed by atoms with van der Waals surface area (Å²) in [5.74, 6) is -0.389. The Kier molecular flexibility index (Phi) is 3.90. The Balaban J connectivity index is 1.79. The van der Waals surface area contributed by atoms with Gasteiger partial charge < -0.3 is 16.4 Å². The van der Waals surface area contributed by atoms with Gasteiger partial charge in [-0.05, 0) is 49.2 Å². The summed E-state index contributed by atoms with van der Waals surface area (Å²) < 4.78 is 0. The molecular formula is C15H15N3OS2. The number of thiophene rings is 1. The SMILES string of the molecule is NC(=O)c1c(NC(=S)Nc2ccccc2)sc2c1CCC2. The monoisotopic (exact) mass is 317 g/mol. The van der Waals surface area contributed by atoms with Gasteiger partial charge in [0.25, 0.3) is 5.91 Å². The molecule has 0 saturated heterocycles. The van der Waals surface area contributed by atoms with E-state index in [1.54, 1.807) is 11.3 Å². The van der Waals surface area contributed by atoms with Crippen LogP contribution in [0.2, 0.25) is 0 Å². The fourth-order valence-electron chi connectivity index (χ4n) is 2.54. The Bertz CT molecular complexity index is 694. The van der Waals surface area contributed by atoms with Crippen molar-refractivity contribution in [2.45, 2.75) is 19.3 Å². The van der Waals surface area contributed by atoms with Crippen LogP contribution < -0.4 is 16.4 Å². The van der Waals surface area contributed by atoms with Gasteiger partial charge in [0.2, 0.25) is 0 Å². The van der Waals surface area contributed by atoms with Crippen molar-refractivity contribution in [2.24, 2.45) is 5.73 Å². The average molecular weight is 317 g/mol. The minimum Gasteiger partial charge on any atom is -0.365 e. The molecule has 6 heteroatoms. The van der Waals surface area contributed by atoms with Gasteiger partial charge in [-0.3, -0.25) is 4.79 Å². The largest absolute Gasteiger partial charge is 0.365 e. The van der Waals surface area contributed by atoms with Crippen molar-refractivity contribution in [3.05, 3.63) is 46.3 Å². The van der Waals surface area contributed by atoms with E-state index in [1.807, 2.05) is 30.3 Å². The van der Waals surface area contributed by atoms with Gasteiger partial charge >= 0.3 is 0 Å². The fraction of sp³-hybridized carbons (Fsp3) is 0.200. The lowest BCUT2D eigenvalue weighted by molar-refractivity contribution is 0.100. The molecule has 1 heterocycles. The van der Waals surface area contributed by atoms with Crippen LogP contribution in [0.5, 0.6) is 0 Å². The highest BCUT2D eigenvalue weighted by molar-refractivity contribution is 7.80. The summed E-state index contributed by atoms with van der Waals surface area (Å²) in [4.78, 5) is 13.0. The third-order valence-corrected chi connectivity index (χ3v) is 4.84. The molecule has 0 radical (unpaired) electrons. The number of nitrogens with one attached hydrogen (secondary N) is 2. The summed E-state index contributed by atoms with van der Waals surface area (Å²) in [6.07, 6.45) is 3.03. The van der Waals surface area contributed by atoms with Crippen molar-refractivity contribution in [1.29, 1.82) is 0 Å². The molecule has 2 aromatic rings. The van der Waals surface area contributed by atoms with Crippen LogP contribution in [0.3, 0.4) is 0 Å². The Labute approximate surface area is 132 Å². The number of aryl methyl sites for hydroxylation is 1. The Hall–Kier alpha value is -1.92. The smallest absolute Gasteiger partial charge is 0.251 e. The third-order valence-electron chi connectivity index (χ3n) is 3.43. The first-order valence-corrected chi connectivity index (χ1v) is 7.95. The number of thiocarbonyl (C=S) groups is 1. The summed E-state index contributed by atoms with van der Waals surface area (Å²) >= 11 is 6.88. The zero-order valence-electron chi connectivity index (χ0n) is 11.3. The highest BCUT2D eigenvalue weighted by atomic mass is 32.1. The molecule has 0 fully saturated rings. The lowest BCUT2D eigenvalue weighted by atomic mass is 10.1. The van der Waals surface area contributed by atoms with Crippen molar-refractivity contribution >= 4 is 45.3 Å². The van der Waals surface area contributed by atoms with Crippen molar-refractivity contribution in [3.8, 4) is 0 Å². The lowest BCUT2D eigenvalue weighted by Gasteiger charge is -2.10. The number of rotatable bonds is 3. The van der Waals surface area contributed by atoms with Crippen molar-refractivity contribution in [1.82, 2.24) is 0 Å². The van der Waals surface area contributed by atoms with E-state index < -0.39 is 0 Å². The molecule has 0 aliphatic heterocycles. The maximum atomic E-state index is 11.7. The van der Waals surface area contributed by atoms with Crippen LogP contribution in [-0.4, -0.2) is 11.0 Å². The summed E-state index contributed by atoms with van der Waals surface area (Å²) in [5.41, 5.74) is 8.12. The number of anilines is 2. The second-order valence-corrected chi connectivity index (χ2v) is 6.38. The molecule has 0 atom stereocenters. The summed E-state index contributed by atoms with van der Waals surface area (Å²) in [5, 5.41) is 7.42. The number of benzene rings is 1. The lowest BCUT2D eigenvalue weighted by Crippen LogP contribution is -2.21. The average Bonchev–Trinajstić information content (AvgIpc) is 2.99. The van der Waals surface area contributed by atoms with Gasteiger partial charge in [-0.2, -0.15) is 0 Å². The molecule has 21 heavy (non-hydrogen) atoms. The predicted molar refractivity (Wildman–Crippen MR) is 91.1 cm³/mol. The van der Waals surface area contributed by atoms with Crippen LogP contribution in [0.25, 0.3) is 0 Å². The molecule has 4 N–H and O–H groups in total. The van der Waals surface area contributed by atoms with Crippen LogP contribution in [0.4, 0.5) is 10.7 Å². The summed E-state index contributed by atoms with van der Waals surface area (Å²) in [6, 6.07) is 9.66. The van der Waals surface area contributed by atoms with Gasteiger partial charge in [0, 0.05) is 10.6 Å². The van der Waals surface area contributed by atoms with E-state index in [1.165, 1.54) is 4.88 Å². The van der Waals surface area contributed by atoms with E-state index in [2.05, 4.69) is 10.6 Å². The second kappa shape index (κ2) is 5.83. The zero-order valence-corrected chi connectivity index (χ0v) is 12.9. The van der Waals surface area contributed by atoms with E-state index in [4.69, 9.17) is 18.0 Å². The molecule has 1 aromatic carbocycles. The van der Waals surface area contributed by atoms with Crippen LogP contribution >= 0.6 is 23.6 Å². The third kappa shape index (κ3) is 2.91. The first-order valence-electron chi connectivity index (χ1n) is 6.72. The first-order chi connectivity index (χ1) is 10.1. The second-order valence-electron chi connectivity index (χ2n) is 4.87. The number of para-hydroxylation sites is 1. The van der Waals surface area contributed by atoms with Gasteiger partial charge in [0.15, 0.2) is 5.11 Å². The molecule has 1 aliphatic carbocycles. The van der Waals surface area contributed by atoms with Crippen LogP contribution in [0, 0.1) is 0 Å². The van der Waals surface area contributed by atoms with Crippen molar-refractivity contribution in [3.63, 3.8) is 0 Å². The maximum absolute atomic E-state index is 11.7. The molecule has 1 aliphatic rings. The number of carbonyl (C=O) groups is 1. The normalized spacial score (nSPS) is 12.8. The number of primary amides is 1. The molecule has 0 unspecified atom stereocenters. The van der Waals surface area contributed by atoms with Crippen molar-refractivity contribution < 1.29 is 4.79 Å². The quantitative estimate of drug-likeness (QED) is 0.761. The zero-order chi connectivity index (χ0) is 14.8. The minimum absolute atomic E-state index is 0.389. The van der Waals surface area contributed by atoms with Gasteiger partial charge in [0.1, 0.15) is 5.00 Å². The number of nitrogens with two attached hydrogens (primary N) is 1. The Morgan fingerprint density at radius 2 is 1.95 bits per heavy atom. The minimum atomic E-state index is -0.389. The molecule has 0 bridgehead atoms. The van der Waals surface area contributed by atoms with Gasteiger partial charge in [-0.15, -0.1) is 11.3 Å².